The molecule has 0 aromatic heterocycles. The van der Waals surface area contributed by atoms with Gasteiger partial charge in [-0.05, 0) is 6.42 Å². The maximum absolute atomic E-state index is 11.0. The Morgan fingerprint density at radius 1 is 1.64 bits per heavy atom. The lowest BCUT2D eigenvalue weighted by molar-refractivity contribution is -0.140. The van der Waals surface area contributed by atoms with Crippen molar-refractivity contribution < 1.29 is 14.7 Å². The van der Waals surface area contributed by atoms with E-state index >= 15 is 0 Å². The Morgan fingerprint density at radius 2 is 2.29 bits per heavy atom. The molecule has 0 spiro atoms. The molecule has 0 aromatic rings. The lowest BCUT2D eigenvalue weighted by Crippen LogP contribution is -2.60. The fourth-order valence-electron chi connectivity index (χ4n) is 1.48. The summed E-state index contributed by atoms with van der Waals surface area (Å²) in [7, 11) is 0. The SMILES string of the molecule is CCCC1C(=S)NC(=O)NC1C(=O)O. The molecule has 14 heavy (non-hydrogen) atoms. The molecule has 0 radical (unpaired) electrons. The molecular formula is C8H12N2O3S. The molecule has 1 aliphatic heterocycles. The molecule has 0 aliphatic carbocycles. The smallest absolute Gasteiger partial charge is 0.326 e. The van der Waals surface area contributed by atoms with Crippen molar-refractivity contribution in [1.29, 1.82) is 0 Å². The maximum atomic E-state index is 11.0. The summed E-state index contributed by atoms with van der Waals surface area (Å²) in [5.41, 5.74) is 0. The summed E-state index contributed by atoms with van der Waals surface area (Å²) in [5.74, 6) is -1.34. The number of carbonyl (C=O) groups is 2. The average molecular weight is 216 g/mol. The first-order valence-electron chi connectivity index (χ1n) is 4.40. The number of rotatable bonds is 3. The van der Waals surface area contributed by atoms with Gasteiger partial charge in [-0.2, -0.15) is 0 Å². The van der Waals surface area contributed by atoms with E-state index in [4.69, 9.17) is 17.3 Å². The van der Waals surface area contributed by atoms with Crippen molar-refractivity contribution in [2.24, 2.45) is 5.92 Å². The number of carboxylic acid groups (broad SMARTS) is 1. The first kappa shape index (κ1) is 10.9. The molecule has 0 saturated carbocycles. The Bertz CT molecular complexity index is 280. The second-order valence-corrected chi connectivity index (χ2v) is 3.61. The Morgan fingerprint density at radius 3 is 2.79 bits per heavy atom. The van der Waals surface area contributed by atoms with Gasteiger partial charge in [0.2, 0.25) is 0 Å². The van der Waals surface area contributed by atoms with Crippen molar-refractivity contribution in [2.75, 3.05) is 0 Å². The molecule has 1 rings (SSSR count). The van der Waals surface area contributed by atoms with Crippen molar-refractivity contribution in [3.63, 3.8) is 0 Å². The first-order valence-corrected chi connectivity index (χ1v) is 4.81. The van der Waals surface area contributed by atoms with Crippen molar-refractivity contribution in [3.8, 4) is 0 Å². The van der Waals surface area contributed by atoms with Gasteiger partial charge in [-0.25, -0.2) is 9.59 Å². The fourth-order valence-corrected chi connectivity index (χ4v) is 1.82. The Balaban J connectivity index is 2.80. The van der Waals surface area contributed by atoms with Crippen LogP contribution in [0.4, 0.5) is 4.79 Å². The van der Waals surface area contributed by atoms with Gasteiger partial charge in [-0.1, -0.05) is 25.6 Å². The lowest BCUT2D eigenvalue weighted by atomic mass is 9.93. The van der Waals surface area contributed by atoms with E-state index in [0.29, 0.717) is 11.4 Å². The Kier molecular flexibility index (Phi) is 3.40. The predicted octanol–water partition coefficient (Wildman–Crippen LogP) is 0.496. The molecule has 1 heterocycles. The molecule has 1 aliphatic rings. The van der Waals surface area contributed by atoms with Gasteiger partial charge >= 0.3 is 12.0 Å². The van der Waals surface area contributed by atoms with Gasteiger partial charge in [0.1, 0.15) is 6.04 Å². The zero-order valence-corrected chi connectivity index (χ0v) is 8.56. The molecule has 1 fully saturated rings. The van der Waals surface area contributed by atoms with Crippen LogP contribution in [0.25, 0.3) is 0 Å². The fraction of sp³-hybridized carbons (Fsp3) is 0.625. The summed E-state index contributed by atoms with van der Waals surface area (Å²) in [6.07, 6.45) is 1.48. The molecule has 2 atom stereocenters. The van der Waals surface area contributed by atoms with Crippen LogP contribution in [0.5, 0.6) is 0 Å². The molecular weight excluding hydrogens is 204 g/mol. The third kappa shape index (κ3) is 2.20. The number of urea groups is 1. The normalized spacial score (nSPS) is 26.6. The second-order valence-electron chi connectivity index (χ2n) is 3.17. The van der Waals surface area contributed by atoms with E-state index in [1.165, 1.54) is 0 Å². The van der Waals surface area contributed by atoms with Gasteiger partial charge in [0.25, 0.3) is 0 Å². The number of amides is 2. The number of thiocarbonyl (C=S) groups is 1. The third-order valence-corrected chi connectivity index (χ3v) is 2.53. The van der Waals surface area contributed by atoms with Crippen LogP contribution in [-0.2, 0) is 4.79 Å². The van der Waals surface area contributed by atoms with Crippen LogP contribution < -0.4 is 10.6 Å². The minimum atomic E-state index is -1.04. The van der Waals surface area contributed by atoms with Crippen molar-refractivity contribution in [1.82, 2.24) is 10.6 Å². The van der Waals surface area contributed by atoms with Gasteiger partial charge < -0.3 is 15.7 Å². The molecule has 0 bridgehead atoms. The zero-order valence-electron chi connectivity index (χ0n) is 7.74. The van der Waals surface area contributed by atoms with Crippen molar-refractivity contribution in [2.45, 2.75) is 25.8 Å². The summed E-state index contributed by atoms with van der Waals surface area (Å²) < 4.78 is 0. The monoisotopic (exact) mass is 216 g/mol. The average Bonchev–Trinajstić information content (AvgIpc) is 2.09. The highest BCUT2D eigenvalue weighted by Crippen LogP contribution is 2.16. The number of carboxylic acids is 1. The Hall–Kier alpha value is -1.17. The molecule has 2 amide bonds. The van der Waals surface area contributed by atoms with Crippen LogP contribution in [0.1, 0.15) is 19.8 Å². The molecule has 2 unspecified atom stereocenters. The number of carbonyl (C=O) groups excluding carboxylic acids is 1. The predicted molar refractivity (Wildman–Crippen MR) is 54.1 cm³/mol. The van der Waals surface area contributed by atoms with Crippen LogP contribution >= 0.6 is 12.2 Å². The van der Waals surface area contributed by atoms with Gasteiger partial charge in [0.15, 0.2) is 0 Å². The summed E-state index contributed by atoms with van der Waals surface area (Å²) >= 11 is 4.93. The summed E-state index contributed by atoms with van der Waals surface area (Å²) in [6.45, 7) is 1.94. The van der Waals surface area contributed by atoms with Gasteiger partial charge in [0.05, 0.1) is 4.99 Å². The standard InChI is InChI=1S/C8H12N2O3S/c1-2-3-4-5(7(11)12)9-8(13)10-6(4)14/h4-5H,2-3H2,1H3,(H,11,12)(H2,9,10,13,14). The molecule has 5 nitrogen and oxygen atoms in total. The highest BCUT2D eigenvalue weighted by molar-refractivity contribution is 7.80. The summed E-state index contributed by atoms with van der Waals surface area (Å²) in [6, 6.07) is -1.43. The van der Waals surface area contributed by atoms with Gasteiger partial charge in [-0.15, -0.1) is 0 Å². The third-order valence-electron chi connectivity index (χ3n) is 2.13. The van der Waals surface area contributed by atoms with E-state index in [2.05, 4.69) is 10.6 Å². The van der Waals surface area contributed by atoms with E-state index in [-0.39, 0.29) is 5.92 Å². The van der Waals surface area contributed by atoms with Crippen LogP contribution in [0, 0.1) is 5.92 Å². The van der Waals surface area contributed by atoms with E-state index in [0.717, 1.165) is 6.42 Å². The zero-order chi connectivity index (χ0) is 10.7. The summed E-state index contributed by atoms with van der Waals surface area (Å²) in [5, 5.41) is 13.6. The highest BCUT2D eigenvalue weighted by Gasteiger charge is 2.36. The molecule has 78 valence electrons. The largest absolute Gasteiger partial charge is 0.480 e. The number of nitrogens with one attached hydrogen (secondary N) is 2. The highest BCUT2D eigenvalue weighted by atomic mass is 32.1. The minimum Gasteiger partial charge on any atom is -0.480 e. The van der Waals surface area contributed by atoms with Crippen molar-refractivity contribution >= 4 is 29.2 Å². The second kappa shape index (κ2) is 4.36. The lowest BCUT2D eigenvalue weighted by Gasteiger charge is -2.30. The number of hydrogen-bond donors (Lipinski definition) is 3. The number of hydrogen-bond acceptors (Lipinski definition) is 3. The van der Waals surface area contributed by atoms with E-state index in [1.54, 1.807) is 0 Å². The molecule has 1 saturated heterocycles. The quantitative estimate of drug-likeness (QED) is 0.600. The van der Waals surface area contributed by atoms with Crippen molar-refractivity contribution in [3.05, 3.63) is 0 Å². The van der Waals surface area contributed by atoms with Crippen LogP contribution in [0.3, 0.4) is 0 Å². The van der Waals surface area contributed by atoms with Gasteiger partial charge in [0, 0.05) is 5.92 Å². The first-order chi connectivity index (χ1) is 6.56. The van der Waals surface area contributed by atoms with Crippen LogP contribution in [0.15, 0.2) is 0 Å². The van der Waals surface area contributed by atoms with Crippen LogP contribution in [0.2, 0.25) is 0 Å². The van der Waals surface area contributed by atoms with E-state index in [1.807, 2.05) is 6.92 Å². The van der Waals surface area contributed by atoms with Crippen LogP contribution in [-0.4, -0.2) is 28.1 Å². The summed E-state index contributed by atoms with van der Waals surface area (Å²) in [4.78, 5) is 22.1. The Labute approximate surface area is 86.9 Å². The number of aliphatic carboxylic acids is 1. The molecule has 3 N–H and O–H groups in total. The molecule has 6 heteroatoms. The van der Waals surface area contributed by atoms with Gasteiger partial charge in [-0.3, -0.25) is 0 Å². The van der Waals surface area contributed by atoms with E-state index < -0.39 is 18.0 Å². The maximum Gasteiger partial charge on any atom is 0.326 e. The molecule has 0 aromatic carbocycles. The topological polar surface area (TPSA) is 78.4 Å². The van der Waals surface area contributed by atoms with E-state index in [9.17, 15) is 9.59 Å². The minimum absolute atomic E-state index is 0.301.